The molecular weight excluding hydrogens is 421 g/mol. The third-order valence-corrected chi connectivity index (χ3v) is 6.64. The zero-order valence-electron chi connectivity index (χ0n) is 14.5. The van der Waals surface area contributed by atoms with E-state index in [1.54, 1.807) is 0 Å². The fourth-order valence-corrected chi connectivity index (χ4v) is 4.91. The highest BCUT2D eigenvalue weighted by Gasteiger charge is 2.32. The van der Waals surface area contributed by atoms with Gasteiger partial charge < -0.3 is 10.6 Å². The number of aliphatic imine (C=N–C) groups is 1. The van der Waals surface area contributed by atoms with Crippen LogP contribution in [0.1, 0.15) is 26.7 Å². The number of nitrogens with one attached hydrogen (secondary N) is 2. The van der Waals surface area contributed by atoms with Crippen LogP contribution in [-0.2, 0) is 0 Å². The van der Waals surface area contributed by atoms with Gasteiger partial charge in [-0.2, -0.15) is 11.8 Å². The first kappa shape index (κ1) is 19.6. The summed E-state index contributed by atoms with van der Waals surface area (Å²) < 4.78 is 0.349. The zero-order valence-corrected chi connectivity index (χ0v) is 17.7. The van der Waals surface area contributed by atoms with Crippen LogP contribution < -0.4 is 10.6 Å². The minimum Gasteiger partial charge on any atom is -0.357 e. The lowest BCUT2D eigenvalue weighted by Crippen LogP contribution is -2.63. The third kappa shape index (κ3) is 5.37. The number of fused-ring (bicyclic) bond motifs is 3. The molecular formula is C16H32IN5S. The van der Waals surface area contributed by atoms with Crippen molar-refractivity contribution >= 4 is 41.7 Å². The second-order valence-corrected chi connectivity index (χ2v) is 8.65. The summed E-state index contributed by atoms with van der Waals surface area (Å²) in [6.07, 6.45) is 2.64. The van der Waals surface area contributed by atoms with E-state index in [0.717, 1.165) is 25.6 Å². The van der Waals surface area contributed by atoms with E-state index in [2.05, 4.69) is 46.0 Å². The smallest absolute Gasteiger partial charge is 0.191 e. The average Bonchev–Trinajstić information content (AvgIpc) is 2.98. The van der Waals surface area contributed by atoms with Gasteiger partial charge in [0.1, 0.15) is 0 Å². The Kier molecular flexibility index (Phi) is 7.75. The van der Waals surface area contributed by atoms with Crippen LogP contribution >= 0.6 is 35.7 Å². The first-order valence-electron chi connectivity index (χ1n) is 8.81. The summed E-state index contributed by atoms with van der Waals surface area (Å²) in [6, 6.07) is 0.641. The first-order valence-corrected chi connectivity index (χ1v) is 9.80. The summed E-state index contributed by atoms with van der Waals surface area (Å²) in [7, 11) is 0. The molecule has 0 radical (unpaired) electrons. The Balaban J connectivity index is 0.00000192. The molecule has 4 fully saturated rings. The molecule has 2 bridgehead atoms. The number of hydrogen-bond acceptors (Lipinski definition) is 4. The van der Waals surface area contributed by atoms with Crippen molar-refractivity contribution in [3.8, 4) is 0 Å². The minimum absolute atomic E-state index is 0. The Bertz CT molecular complexity index is 392. The van der Waals surface area contributed by atoms with E-state index in [9.17, 15) is 0 Å². The number of hydrogen-bond donors (Lipinski definition) is 2. The van der Waals surface area contributed by atoms with Gasteiger partial charge in [-0.05, 0) is 32.4 Å². The van der Waals surface area contributed by atoms with E-state index in [-0.39, 0.29) is 24.0 Å². The molecule has 0 spiro atoms. The quantitative estimate of drug-likeness (QED) is 0.375. The molecule has 0 aromatic rings. The fourth-order valence-electron chi connectivity index (χ4n) is 3.68. The van der Waals surface area contributed by atoms with Crippen molar-refractivity contribution in [2.45, 2.75) is 37.5 Å². The Labute approximate surface area is 162 Å². The molecule has 0 aromatic heterocycles. The van der Waals surface area contributed by atoms with Gasteiger partial charge in [-0.1, -0.05) is 0 Å². The zero-order chi connectivity index (χ0) is 15.4. The highest BCUT2D eigenvalue weighted by Crippen LogP contribution is 2.37. The highest BCUT2D eigenvalue weighted by atomic mass is 127. The van der Waals surface area contributed by atoms with Crippen LogP contribution in [0.4, 0.5) is 0 Å². The molecule has 4 saturated heterocycles. The monoisotopic (exact) mass is 453 g/mol. The molecule has 0 saturated carbocycles. The Morgan fingerprint density at radius 2 is 2.04 bits per heavy atom. The first-order chi connectivity index (χ1) is 10.7. The van der Waals surface area contributed by atoms with Crippen LogP contribution in [0.2, 0.25) is 0 Å². The van der Waals surface area contributed by atoms with Gasteiger partial charge in [-0.25, -0.2) is 0 Å². The van der Waals surface area contributed by atoms with Crippen molar-refractivity contribution in [3.63, 3.8) is 0 Å². The molecule has 0 aromatic carbocycles. The van der Waals surface area contributed by atoms with Crippen molar-refractivity contribution in [3.05, 3.63) is 0 Å². The Hall–Kier alpha value is 0.270. The van der Waals surface area contributed by atoms with Gasteiger partial charge in [0.15, 0.2) is 5.96 Å². The van der Waals surface area contributed by atoms with Crippen molar-refractivity contribution in [1.82, 2.24) is 20.4 Å². The average molecular weight is 453 g/mol. The number of halogens is 1. The van der Waals surface area contributed by atoms with Crippen molar-refractivity contribution < 1.29 is 0 Å². The molecule has 23 heavy (non-hydrogen) atoms. The molecule has 2 atom stereocenters. The normalized spacial score (nSPS) is 36.6. The summed E-state index contributed by atoms with van der Waals surface area (Å²) >= 11 is 2.08. The molecule has 4 aliphatic heterocycles. The predicted molar refractivity (Wildman–Crippen MR) is 111 cm³/mol. The maximum atomic E-state index is 4.86. The van der Waals surface area contributed by atoms with E-state index in [0.29, 0.717) is 10.8 Å². The van der Waals surface area contributed by atoms with Crippen LogP contribution in [0.3, 0.4) is 0 Å². The van der Waals surface area contributed by atoms with E-state index in [1.807, 2.05) is 0 Å². The second kappa shape index (κ2) is 9.10. The molecule has 7 heteroatoms. The van der Waals surface area contributed by atoms with Gasteiger partial charge >= 0.3 is 0 Å². The van der Waals surface area contributed by atoms with Gasteiger partial charge in [0.05, 0.1) is 6.54 Å². The Morgan fingerprint density at radius 3 is 2.61 bits per heavy atom. The topological polar surface area (TPSA) is 42.9 Å². The number of nitrogens with zero attached hydrogens (tertiary/aromatic N) is 3. The molecule has 4 aliphatic rings. The summed E-state index contributed by atoms with van der Waals surface area (Å²) in [6.45, 7) is 13.5. The minimum atomic E-state index is 0. The number of guanidine groups is 1. The summed E-state index contributed by atoms with van der Waals surface area (Å²) in [4.78, 5) is 10.1. The largest absolute Gasteiger partial charge is 0.357 e. The fraction of sp³-hybridized carbons (Fsp3) is 0.938. The molecule has 2 N–H and O–H groups in total. The van der Waals surface area contributed by atoms with E-state index < -0.39 is 0 Å². The highest BCUT2D eigenvalue weighted by molar-refractivity contribution is 14.0. The molecule has 0 amide bonds. The van der Waals surface area contributed by atoms with Gasteiger partial charge in [0.25, 0.3) is 0 Å². The van der Waals surface area contributed by atoms with E-state index in [1.165, 1.54) is 51.3 Å². The maximum absolute atomic E-state index is 4.86. The Morgan fingerprint density at radius 1 is 1.26 bits per heavy atom. The molecule has 0 aliphatic carbocycles. The molecule has 4 rings (SSSR count). The third-order valence-electron chi connectivity index (χ3n) is 5.11. The number of rotatable bonds is 5. The van der Waals surface area contributed by atoms with Crippen LogP contribution in [0.25, 0.3) is 0 Å². The second-order valence-electron chi connectivity index (χ2n) is 6.97. The van der Waals surface area contributed by atoms with Crippen LogP contribution in [-0.4, -0.2) is 84.7 Å². The molecule has 4 heterocycles. The molecule has 5 nitrogen and oxygen atoms in total. The van der Waals surface area contributed by atoms with Gasteiger partial charge in [0.2, 0.25) is 0 Å². The van der Waals surface area contributed by atoms with E-state index in [4.69, 9.17) is 4.99 Å². The van der Waals surface area contributed by atoms with Crippen molar-refractivity contribution in [1.29, 1.82) is 0 Å². The van der Waals surface area contributed by atoms with Crippen molar-refractivity contribution in [2.75, 3.05) is 58.1 Å². The van der Waals surface area contributed by atoms with Crippen LogP contribution in [0, 0.1) is 0 Å². The molecule has 2 unspecified atom stereocenters. The lowest BCUT2D eigenvalue weighted by Gasteiger charge is -2.47. The maximum Gasteiger partial charge on any atom is 0.191 e. The van der Waals surface area contributed by atoms with Crippen molar-refractivity contribution in [2.24, 2.45) is 4.99 Å². The number of piperazine rings is 3. The number of thioether (sulfide) groups is 1. The molecule has 134 valence electrons. The standard InChI is InChI=1S/C16H31N5S.HI/c1-3-17-15(19-13-16(2)5-4-10-22-16)18-11-14-12-20-6-8-21(14)9-7-20;/h14H,3-13H2,1-2H3,(H2,17,18,19);1H. The van der Waals surface area contributed by atoms with Crippen LogP contribution in [0.15, 0.2) is 4.99 Å². The van der Waals surface area contributed by atoms with Crippen LogP contribution in [0.5, 0.6) is 0 Å². The SMILES string of the molecule is CCNC(=NCC1(C)CCCS1)NCC1CN2CCN1CC2.I. The van der Waals surface area contributed by atoms with Gasteiger partial charge in [-0.3, -0.25) is 14.8 Å². The van der Waals surface area contributed by atoms with Gasteiger partial charge in [0, 0.05) is 56.6 Å². The van der Waals surface area contributed by atoms with Gasteiger partial charge in [-0.15, -0.1) is 24.0 Å². The summed E-state index contributed by atoms with van der Waals surface area (Å²) in [5.74, 6) is 2.29. The lowest BCUT2D eigenvalue weighted by atomic mass is 10.1. The van der Waals surface area contributed by atoms with E-state index >= 15 is 0 Å². The lowest BCUT2D eigenvalue weighted by molar-refractivity contribution is 0.0154. The predicted octanol–water partition coefficient (Wildman–Crippen LogP) is 1.45. The summed E-state index contributed by atoms with van der Waals surface area (Å²) in [5, 5.41) is 6.98. The summed E-state index contributed by atoms with van der Waals surface area (Å²) in [5.41, 5.74) is 0.